The molecular weight excluding hydrogens is 148 g/mol. The first kappa shape index (κ1) is 10.4. The first-order valence-electron chi connectivity index (χ1n) is 3.61. The first-order valence-corrected chi connectivity index (χ1v) is 3.61. The summed E-state index contributed by atoms with van der Waals surface area (Å²) in [5.74, 6) is -1.75. The van der Waals surface area contributed by atoms with E-state index in [9.17, 15) is 4.79 Å². The van der Waals surface area contributed by atoms with E-state index in [0.29, 0.717) is 12.8 Å². The van der Waals surface area contributed by atoms with Crippen molar-refractivity contribution in [1.29, 1.82) is 0 Å². The Labute approximate surface area is 65.5 Å². The average Bonchev–Trinajstić information content (AvgIpc) is 1.98. The van der Waals surface area contributed by atoms with Gasteiger partial charge in [0, 0.05) is 6.61 Å². The van der Waals surface area contributed by atoms with Crippen molar-refractivity contribution >= 4 is 5.97 Å². The lowest BCUT2D eigenvalue weighted by molar-refractivity contribution is -0.145. The second kappa shape index (κ2) is 5.09. The molecule has 4 nitrogen and oxygen atoms in total. The SMILES string of the molecule is CC(C(=O)O)C(O)CCCO. The number of aliphatic carboxylic acids is 1. The number of aliphatic hydroxyl groups is 2. The second-order valence-electron chi connectivity index (χ2n) is 2.56. The Bertz CT molecular complexity index is 124. The molecule has 0 aromatic heterocycles. The number of hydrogen-bond acceptors (Lipinski definition) is 3. The van der Waals surface area contributed by atoms with Gasteiger partial charge < -0.3 is 15.3 Å². The first-order chi connectivity index (χ1) is 5.09. The second-order valence-corrected chi connectivity index (χ2v) is 2.56. The van der Waals surface area contributed by atoms with Crippen molar-refractivity contribution in [2.45, 2.75) is 25.9 Å². The molecular formula is C7H14O4. The minimum absolute atomic E-state index is 0.0105. The number of aliphatic hydroxyl groups excluding tert-OH is 2. The maximum atomic E-state index is 10.3. The molecule has 0 spiro atoms. The fraction of sp³-hybridized carbons (Fsp3) is 0.857. The number of rotatable bonds is 5. The van der Waals surface area contributed by atoms with Crippen LogP contribution in [0.1, 0.15) is 19.8 Å². The lowest BCUT2D eigenvalue weighted by Gasteiger charge is -2.13. The zero-order chi connectivity index (χ0) is 8.85. The number of carboxylic acids is 1. The zero-order valence-electron chi connectivity index (χ0n) is 6.53. The Morgan fingerprint density at radius 3 is 2.45 bits per heavy atom. The van der Waals surface area contributed by atoms with E-state index in [1.807, 2.05) is 0 Å². The largest absolute Gasteiger partial charge is 0.481 e. The molecule has 4 heteroatoms. The van der Waals surface area contributed by atoms with E-state index in [2.05, 4.69) is 0 Å². The van der Waals surface area contributed by atoms with Crippen LogP contribution in [0.5, 0.6) is 0 Å². The van der Waals surface area contributed by atoms with Crippen LogP contribution in [-0.2, 0) is 4.79 Å². The third kappa shape index (κ3) is 3.95. The maximum absolute atomic E-state index is 10.3. The topological polar surface area (TPSA) is 77.8 Å². The summed E-state index contributed by atoms with van der Waals surface area (Å²) in [6.07, 6.45) is -0.0670. The van der Waals surface area contributed by atoms with Crippen molar-refractivity contribution in [1.82, 2.24) is 0 Å². The van der Waals surface area contributed by atoms with Gasteiger partial charge in [0.05, 0.1) is 12.0 Å². The number of hydrogen-bond donors (Lipinski definition) is 3. The summed E-state index contributed by atoms with van der Waals surface area (Å²) < 4.78 is 0. The Balaban J connectivity index is 3.63. The molecule has 0 rings (SSSR count). The molecule has 66 valence electrons. The molecule has 0 aliphatic heterocycles. The fourth-order valence-corrected chi connectivity index (χ4v) is 0.715. The van der Waals surface area contributed by atoms with E-state index >= 15 is 0 Å². The standard InChI is InChI=1S/C7H14O4/c1-5(7(10)11)6(9)3-2-4-8/h5-6,8-9H,2-4H2,1H3,(H,10,11). The van der Waals surface area contributed by atoms with Crippen molar-refractivity contribution < 1.29 is 20.1 Å². The molecule has 0 bridgehead atoms. The molecule has 0 saturated carbocycles. The Morgan fingerprint density at radius 1 is 1.55 bits per heavy atom. The Hall–Kier alpha value is -0.610. The van der Waals surface area contributed by atoms with Gasteiger partial charge in [-0.25, -0.2) is 0 Å². The van der Waals surface area contributed by atoms with Gasteiger partial charge in [-0.15, -0.1) is 0 Å². The predicted molar refractivity (Wildman–Crippen MR) is 39.1 cm³/mol. The van der Waals surface area contributed by atoms with Gasteiger partial charge in [0.1, 0.15) is 0 Å². The average molecular weight is 162 g/mol. The highest BCUT2D eigenvalue weighted by Crippen LogP contribution is 2.08. The van der Waals surface area contributed by atoms with Crippen LogP contribution in [0, 0.1) is 5.92 Å². The van der Waals surface area contributed by atoms with Gasteiger partial charge >= 0.3 is 5.97 Å². The van der Waals surface area contributed by atoms with Crippen LogP contribution in [0.3, 0.4) is 0 Å². The van der Waals surface area contributed by atoms with E-state index in [0.717, 1.165) is 0 Å². The summed E-state index contributed by atoms with van der Waals surface area (Å²) in [5, 5.41) is 25.9. The highest BCUT2D eigenvalue weighted by atomic mass is 16.4. The Kier molecular flexibility index (Phi) is 4.81. The van der Waals surface area contributed by atoms with E-state index in [4.69, 9.17) is 15.3 Å². The summed E-state index contributed by atoms with van der Waals surface area (Å²) in [5.41, 5.74) is 0. The molecule has 11 heavy (non-hydrogen) atoms. The van der Waals surface area contributed by atoms with Gasteiger partial charge in [0.2, 0.25) is 0 Å². The van der Waals surface area contributed by atoms with Crippen molar-refractivity contribution in [3.8, 4) is 0 Å². The summed E-state index contributed by atoms with van der Waals surface area (Å²) in [6.45, 7) is 1.44. The normalized spacial score (nSPS) is 15.9. The minimum Gasteiger partial charge on any atom is -0.481 e. The molecule has 0 aliphatic carbocycles. The lowest BCUT2D eigenvalue weighted by atomic mass is 10.0. The van der Waals surface area contributed by atoms with Crippen molar-refractivity contribution in [2.75, 3.05) is 6.61 Å². The molecule has 2 atom stereocenters. The number of carbonyl (C=O) groups is 1. The van der Waals surface area contributed by atoms with Crippen LogP contribution in [0.15, 0.2) is 0 Å². The van der Waals surface area contributed by atoms with Crippen molar-refractivity contribution in [2.24, 2.45) is 5.92 Å². The Morgan fingerprint density at radius 2 is 2.09 bits per heavy atom. The van der Waals surface area contributed by atoms with Crippen LogP contribution in [0.25, 0.3) is 0 Å². The summed E-state index contributed by atoms with van der Waals surface area (Å²) >= 11 is 0. The van der Waals surface area contributed by atoms with Crippen LogP contribution in [0.4, 0.5) is 0 Å². The third-order valence-electron chi connectivity index (χ3n) is 1.62. The molecule has 0 amide bonds. The molecule has 0 heterocycles. The molecule has 0 fully saturated rings. The van der Waals surface area contributed by atoms with E-state index in [-0.39, 0.29) is 6.61 Å². The van der Waals surface area contributed by atoms with Crippen LogP contribution in [0.2, 0.25) is 0 Å². The molecule has 0 aromatic rings. The van der Waals surface area contributed by atoms with Gasteiger partial charge in [-0.2, -0.15) is 0 Å². The third-order valence-corrected chi connectivity index (χ3v) is 1.62. The highest BCUT2D eigenvalue weighted by Gasteiger charge is 2.20. The molecule has 0 aliphatic rings. The summed E-state index contributed by atoms with van der Waals surface area (Å²) in [6, 6.07) is 0. The molecule has 2 unspecified atom stereocenters. The smallest absolute Gasteiger partial charge is 0.308 e. The minimum atomic E-state index is -1.00. The van der Waals surface area contributed by atoms with Gasteiger partial charge in [-0.05, 0) is 19.8 Å². The van der Waals surface area contributed by atoms with Crippen LogP contribution in [-0.4, -0.2) is 34.0 Å². The van der Waals surface area contributed by atoms with Crippen molar-refractivity contribution in [3.63, 3.8) is 0 Å². The van der Waals surface area contributed by atoms with Gasteiger partial charge in [-0.3, -0.25) is 4.79 Å². The quantitative estimate of drug-likeness (QED) is 0.525. The van der Waals surface area contributed by atoms with E-state index in [1.54, 1.807) is 0 Å². The maximum Gasteiger partial charge on any atom is 0.308 e. The van der Waals surface area contributed by atoms with Gasteiger partial charge in [0.15, 0.2) is 0 Å². The summed E-state index contributed by atoms with van der Waals surface area (Å²) in [4.78, 5) is 10.3. The predicted octanol–water partition coefficient (Wildman–Crippen LogP) is -0.160. The lowest BCUT2D eigenvalue weighted by Crippen LogP contribution is -2.25. The monoisotopic (exact) mass is 162 g/mol. The summed E-state index contributed by atoms with van der Waals surface area (Å²) in [7, 11) is 0. The van der Waals surface area contributed by atoms with E-state index in [1.165, 1.54) is 6.92 Å². The zero-order valence-corrected chi connectivity index (χ0v) is 6.53. The van der Waals surface area contributed by atoms with E-state index < -0.39 is 18.0 Å². The molecule has 0 radical (unpaired) electrons. The van der Waals surface area contributed by atoms with Gasteiger partial charge in [0.25, 0.3) is 0 Å². The molecule has 0 aromatic carbocycles. The number of carboxylic acid groups (broad SMARTS) is 1. The highest BCUT2D eigenvalue weighted by molar-refractivity contribution is 5.70. The fourth-order valence-electron chi connectivity index (χ4n) is 0.715. The van der Waals surface area contributed by atoms with Gasteiger partial charge in [-0.1, -0.05) is 0 Å². The van der Waals surface area contributed by atoms with Crippen molar-refractivity contribution in [3.05, 3.63) is 0 Å². The van der Waals surface area contributed by atoms with Crippen LogP contribution >= 0.6 is 0 Å². The molecule has 3 N–H and O–H groups in total. The molecule has 0 saturated heterocycles. The van der Waals surface area contributed by atoms with Crippen LogP contribution < -0.4 is 0 Å².